The van der Waals surface area contributed by atoms with Crippen molar-refractivity contribution in [1.82, 2.24) is 0 Å². The molecule has 1 aliphatic heterocycles. The van der Waals surface area contributed by atoms with Gasteiger partial charge in [-0.15, -0.1) is 0 Å². The topological polar surface area (TPSA) is 26.3 Å². The van der Waals surface area contributed by atoms with E-state index in [-0.39, 0.29) is 5.97 Å². The van der Waals surface area contributed by atoms with Gasteiger partial charge in [-0.1, -0.05) is 90.3 Å². The average Bonchev–Trinajstić information content (AvgIpc) is 3.00. The summed E-state index contributed by atoms with van der Waals surface area (Å²) in [6, 6.07) is 29.7. The Morgan fingerprint density at radius 2 is 1.12 bits per heavy atom. The molecule has 4 heteroatoms. The Morgan fingerprint density at radius 3 is 1.62 bits per heavy atom. The van der Waals surface area contributed by atoms with Gasteiger partial charge in [0.1, 0.15) is 5.76 Å². The van der Waals surface area contributed by atoms with Crippen LogP contribution >= 0.6 is 23.5 Å². The van der Waals surface area contributed by atoms with Gasteiger partial charge in [0.15, 0.2) is 4.08 Å². The van der Waals surface area contributed by atoms with Crippen LogP contribution in [0.15, 0.2) is 107 Å². The highest BCUT2D eigenvalue weighted by molar-refractivity contribution is 8.19. The molecule has 0 saturated heterocycles. The molecule has 128 valence electrons. The van der Waals surface area contributed by atoms with Crippen LogP contribution in [0.1, 0.15) is 5.56 Å². The molecule has 26 heavy (non-hydrogen) atoms. The molecule has 1 heterocycles. The quantitative estimate of drug-likeness (QED) is 0.411. The fraction of sp³-hybridized carbons (Fsp3) is 0.0455. The van der Waals surface area contributed by atoms with Gasteiger partial charge < -0.3 is 4.74 Å². The van der Waals surface area contributed by atoms with Gasteiger partial charge >= 0.3 is 5.97 Å². The van der Waals surface area contributed by atoms with Crippen molar-refractivity contribution in [3.63, 3.8) is 0 Å². The number of ether oxygens (including phenoxy) is 1. The summed E-state index contributed by atoms with van der Waals surface area (Å²) in [6.45, 7) is 0. The van der Waals surface area contributed by atoms with Crippen molar-refractivity contribution in [2.75, 3.05) is 0 Å². The van der Waals surface area contributed by atoms with Gasteiger partial charge in [-0.25, -0.2) is 4.79 Å². The van der Waals surface area contributed by atoms with E-state index >= 15 is 0 Å². The number of hydrogen-bond acceptors (Lipinski definition) is 4. The standard InChI is InChI=1S/C22H16O2S2/c23-21-22(25-18-12-6-2-7-13-18,26-19-14-8-3-9-15-19)16-20(24-21)17-10-4-1-5-11-17/h1-16H. The Morgan fingerprint density at radius 1 is 0.654 bits per heavy atom. The van der Waals surface area contributed by atoms with E-state index in [1.165, 1.54) is 23.5 Å². The Hall–Kier alpha value is -2.43. The summed E-state index contributed by atoms with van der Waals surface area (Å²) < 4.78 is 4.84. The van der Waals surface area contributed by atoms with Crippen molar-refractivity contribution in [3.8, 4) is 0 Å². The van der Waals surface area contributed by atoms with Crippen molar-refractivity contribution in [2.45, 2.75) is 13.9 Å². The van der Waals surface area contributed by atoms with Crippen molar-refractivity contribution < 1.29 is 9.53 Å². The Kier molecular flexibility index (Phi) is 4.87. The molecule has 0 bridgehead atoms. The third-order valence-electron chi connectivity index (χ3n) is 3.89. The summed E-state index contributed by atoms with van der Waals surface area (Å²) in [5.74, 6) is 0.363. The molecular formula is C22H16O2S2. The Bertz CT molecular complexity index is 881. The SMILES string of the molecule is O=C1OC(c2ccccc2)=CC1(Sc1ccccc1)Sc1ccccc1. The molecule has 0 aromatic heterocycles. The zero-order valence-electron chi connectivity index (χ0n) is 13.9. The van der Waals surface area contributed by atoms with Crippen LogP contribution in [-0.2, 0) is 9.53 Å². The number of benzene rings is 3. The lowest BCUT2D eigenvalue weighted by atomic mass is 10.2. The number of thioether (sulfide) groups is 2. The van der Waals surface area contributed by atoms with E-state index < -0.39 is 4.08 Å². The molecule has 0 spiro atoms. The minimum absolute atomic E-state index is 0.251. The van der Waals surface area contributed by atoms with E-state index in [1.54, 1.807) is 0 Å². The molecule has 0 saturated carbocycles. The van der Waals surface area contributed by atoms with Crippen molar-refractivity contribution in [1.29, 1.82) is 0 Å². The summed E-state index contributed by atoms with van der Waals surface area (Å²) in [4.78, 5) is 15.0. The summed E-state index contributed by atoms with van der Waals surface area (Å²) in [7, 11) is 0. The van der Waals surface area contributed by atoms with E-state index in [2.05, 4.69) is 0 Å². The lowest BCUT2D eigenvalue weighted by Gasteiger charge is -2.22. The summed E-state index contributed by atoms with van der Waals surface area (Å²) in [5.41, 5.74) is 0.907. The minimum Gasteiger partial charge on any atom is -0.424 e. The monoisotopic (exact) mass is 376 g/mol. The molecule has 0 atom stereocenters. The van der Waals surface area contributed by atoms with Crippen molar-refractivity contribution in [3.05, 3.63) is 103 Å². The zero-order chi connectivity index (χ0) is 17.8. The van der Waals surface area contributed by atoms with Crippen LogP contribution < -0.4 is 0 Å². The average molecular weight is 377 g/mol. The number of rotatable bonds is 5. The van der Waals surface area contributed by atoms with Gasteiger partial charge in [0.05, 0.1) is 0 Å². The maximum absolute atomic E-state index is 13.0. The maximum Gasteiger partial charge on any atom is 0.342 e. The second kappa shape index (κ2) is 7.44. The van der Waals surface area contributed by atoms with Crippen LogP contribution in [0.3, 0.4) is 0 Å². The van der Waals surface area contributed by atoms with Gasteiger partial charge in [-0.2, -0.15) is 0 Å². The fourth-order valence-electron chi connectivity index (χ4n) is 2.67. The molecule has 0 N–H and O–H groups in total. The first kappa shape index (κ1) is 17.0. The van der Waals surface area contributed by atoms with Crippen LogP contribution in [0.4, 0.5) is 0 Å². The van der Waals surface area contributed by atoms with Gasteiger partial charge in [-0.05, 0) is 30.3 Å². The summed E-state index contributed by atoms with van der Waals surface area (Å²) in [6.07, 6.45) is 1.94. The van der Waals surface area contributed by atoms with Crippen LogP contribution in [0.5, 0.6) is 0 Å². The van der Waals surface area contributed by atoms with E-state index in [9.17, 15) is 4.79 Å². The minimum atomic E-state index is -0.853. The number of esters is 1. The van der Waals surface area contributed by atoms with Crippen molar-refractivity contribution in [2.24, 2.45) is 0 Å². The maximum atomic E-state index is 13.0. The highest BCUT2D eigenvalue weighted by Crippen LogP contribution is 2.52. The lowest BCUT2D eigenvalue weighted by molar-refractivity contribution is -0.134. The molecule has 4 rings (SSSR count). The summed E-state index contributed by atoms with van der Waals surface area (Å²) in [5, 5.41) is 0. The molecule has 0 fully saturated rings. The van der Waals surface area contributed by atoms with Crippen molar-refractivity contribution >= 4 is 35.3 Å². The molecule has 0 amide bonds. The first-order valence-corrected chi connectivity index (χ1v) is 9.87. The first-order chi connectivity index (χ1) is 12.8. The molecule has 2 nitrogen and oxygen atoms in total. The van der Waals surface area contributed by atoms with Gasteiger partial charge in [-0.3, -0.25) is 0 Å². The highest BCUT2D eigenvalue weighted by Gasteiger charge is 2.46. The lowest BCUT2D eigenvalue weighted by Crippen LogP contribution is -2.25. The normalized spacial score (nSPS) is 15.4. The summed E-state index contributed by atoms with van der Waals surface area (Å²) >= 11 is 3.02. The molecule has 1 aliphatic rings. The van der Waals surface area contributed by atoms with Gasteiger partial charge in [0, 0.05) is 15.4 Å². The van der Waals surface area contributed by atoms with Gasteiger partial charge in [0.2, 0.25) is 0 Å². The molecule has 3 aromatic rings. The second-order valence-corrected chi connectivity index (χ2v) is 8.66. The van der Waals surface area contributed by atoms with E-state index in [0.717, 1.165) is 15.4 Å². The smallest absolute Gasteiger partial charge is 0.342 e. The van der Waals surface area contributed by atoms with E-state index in [0.29, 0.717) is 5.76 Å². The molecule has 0 unspecified atom stereocenters. The van der Waals surface area contributed by atoms with Crippen LogP contribution in [0, 0.1) is 0 Å². The number of carbonyl (C=O) groups is 1. The predicted molar refractivity (Wildman–Crippen MR) is 108 cm³/mol. The number of hydrogen-bond donors (Lipinski definition) is 0. The predicted octanol–water partition coefficient (Wildman–Crippen LogP) is 5.87. The molecule has 3 aromatic carbocycles. The zero-order valence-corrected chi connectivity index (χ0v) is 15.5. The van der Waals surface area contributed by atoms with Crippen LogP contribution in [0.2, 0.25) is 0 Å². The highest BCUT2D eigenvalue weighted by atomic mass is 32.2. The van der Waals surface area contributed by atoms with E-state index in [4.69, 9.17) is 4.74 Å². The third kappa shape index (κ3) is 3.57. The third-order valence-corrected chi connectivity index (χ3v) is 6.58. The van der Waals surface area contributed by atoms with Crippen LogP contribution in [-0.4, -0.2) is 10.0 Å². The Labute approximate surface area is 161 Å². The molecular weight excluding hydrogens is 360 g/mol. The second-order valence-electron chi connectivity index (χ2n) is 5.76. The molecule has 0 radical (unpaired) electrons. The first-order valence-electron chi connectivity index (χ1n) is 8.24. The Balaban J connectivity index is 1.75. The van der Waals surface area contributed by atoms with E-state index in [1.807, 2.05) is 97.1 Å². The fourth-order valence-corrected chi connectivity index (χ4v) is 5.28. The number of carbonyl (C=O) groups excluding carboxylic acids is 1. The largest absolute Gasteiger partial charge is 0.424 e. The molecule has 0 aliphatic carbocycles. The van der Waals surface area contributed by atoms with Crippen LogP contribution in [0.25, 0.3) is 5.76 Å². The number of cyclic esters (lactones) is 1. The van der Waals surface area contributed by atoms with Gasteiger partial charge in [0.25, 0.3) is 0 Å².